The first-order chi connectivity index (χ1) is 35.7. The number of hydrogen-bond acceptors (Lipinski definition) is 4. The number of benzene rings is 10. The fourth-order valence-corrected chi connectivity index (χ4v) is 9.80. The molecule has 0 radical (unpaired) electrons. The number of nitrogens with zero attached hydrogens (tertiary/aromatic N) is 4. The summed E-state index contributed by atoms with van der Waals surface area (Å²) >= 11 is 0. The lowest BCUT2D eigenvalue weighted by atomic mass is 9.97. The van der Waals surface area contributed by atoms with Crippen LogP contribution in [0.1, 0.15) is 18.4 Å². The largest absolute Gasteiger partial charge is 0.311 e. The first kappa shape index (κ1) is 43.9. The first-order valence-corrected chi connectivity index (χ1v) is 24.7. The van der Waals surface area contributed by atoms with Crippen LogP contribution in [-0.2, 0) is 0 Å². The molecule has 0 bridgehead atoms. The molecule has 0 saturated carbocycles. The Morgan fingerprint density at radius 1 is 0.264 bits per heavy atom. The monoisotopic (exact) mass is 922 g/mol. The highest BCUT2D eigenvalue weighted by molar-refractivity contribution is 5.89. The molecule has 0 fully saturated rings. The zero-order valence-electron chi connectivity index (χ0n) is 39.8. The van der Waals surface area contributed by atoms with Gasteiger partial charge in [0, 0.05) is 45.3 Å². The van der Waals surface area contributed by atoms with Gasteiger partial charge in [0.25, 0.3) is 0 Å². The van der Waals surface area contributed by atoms with Gasteiger partial charge in [-0.25, -0.2) is 9.97 Å². The normalized spacial score (nSPS) is 12.1. The maximum absolute atomic E-state index is 5.33. The molecule has 0 atom stereocenters. The van der Waals surface area contributed by atoms with Gasteiger partial charge in [0.1, 0.15) is 0 Å². The van der Waals surface area contributed by atoms with Gasteiger partial charge in [-0.05, 0) is 142 Å². The van der Waals surface area contributed by atoms with E-state index in [1.54, 1.807) is 0 Å². The molecule has 1 aliphatic carbocycles. The third kappa shape index (κ3) is 9.13. The standard InChI is InChI=1S/C68H50N4/c1-5-15-49(16-6-1)53-25-37-59(38-26-53)71(60-39-27-54(28-40-60)50-17-7-2-8-18-50)63-45-33-57(34-46-63)67-68(70-66-24-14-13-23-65(66)69-67)58-35-47-64(48-36-58)72(61-41-29-55(30-42-61)51-19-9-3-10-20-51)62-43-31-56(32-44-62)52-21-11-4-12-22-52/h1-11,13-21,23-48H,12,22H2. The molecule has 4 nitrogen and oxygen atoms in total. The Morgan fingerprint density at radius 3 is 0.847 bits per heavy atom. The van der Waals surface area contributed by atoms with Crippen LogP contribution < -0.4 is 9.80 Å². The molecule has 0 spiro atoms. The second-order valence-electron chi connectivity index (χ2n) is 18.1. The van der Waals surface area contributed by atoms with E-state index in [1.807, 2.05) is 24.3 Å². The predicted molar refractivity (Wildman–Crippen MR) is 302 cm³/mol. The van der Waals surface area contributed by atoms with Crippen LogP contribution in [0.15, 0.2) is 279 Å². The molecule has 4 heteroatoms. The van der Waals surface area contributed by atoms with Gasteiger partial charge in [0.15, 0.2) is 0 Å². The number of hydrogen-bond donors (Lipinski definition) is 0. The molecule has 1 heterocycles. The third-order valence-corrected chi connectivity index (χ3v) is 13.6. The highest BCUT2D eigenvalue weighted by atomic mass is 15.1. The summed E-state index contributed by atoms with van der Waals surface area (Å²) in [4.78, 5) is 15.3. The van der Waals surface area contributed by atoms with E-state index in [0.29, 0.717) is 0 Å². The molecule has 0 amide bonds. The second-order valence-corrected chi connectivity index (χ2v) is 18.1. The number of anilines is 6. The van der Waals surface area contributed by atoms with Crippen LogP contribution >= 0.6 is 0 Å². The summed E-state index contributed by atoms with van der Waals surface area (Å²) < 4.78 is 0. The third-order valence-electron chi connectivity index (χ3n) is 13.6. The van der Waals surface area contributed by atoms with Crippen molar-refractivity contribution in [2.24, 2.45) is 0 Å². The van der Waals surface area contributed by atoms with E-state index >= 15 is 0 Å². The molecule has 1 aliphatic rings. The van der Waals surface area contributed by atoms with Gasteiger partial charge in [-0.15, -0.1) is 0 Å². The lowest BCUT2D eigenvalue weighted by Crippen LogP contribution is -2.10. The van der Waals surface area contributed by atoms with Crippen LogP contribution in [-0.4, -0.2) is 9.97 Å². The lowest BCUT2D eigenvalue weighted by Gasteiger charge is -2.26. The van der Waals surface area contributed by atoms with E-state index in [-0.39, 0.29) is 0 Å². The van der Waals surface area contributed by atoms with Crippen molar-refractivity contribution in [1.29, 1.82) is 0 Å². The molecule has 0 aliphatic heterocycles. The Bertz CT molecular complexity index is 3580. The van der Waals surface area contributed by atoms with Crippen molar-refractivity contribution in [2.75, 3.05) is 9.80 Å². The molecule has 10 aromatic carbocycles. The molecule has 1 aromatic heterocycles. The van der Waals surface area contributed by atoms with Crippen molar-refractivity contribution < 1.29 is 0 Å². The van der Waals surface area contributed by atoms with E-state index in [4.69, 9.17) is 9.97 Å². The van der Waals surface area contributed by atoms with Gasteiger partial charge in [0.05, 0.1) is 22.4 Å². The number of para-hydroxylation sites is 2. The summed E-state index contributed by atoms with van der Waals surface area (Å²) in [5.74, 6) is 0. The SMILES string of the molecule is C1=CCCC(c2ccc(N(c3ccc(-c4ccccc4)cc3)c3ccc(-c4nc5ccccc5nc4-c4ccc(N(c5ccc(-c6ccccc6)cc5)c5ccc(-c6ccccc6)cc5)cc4)cc3)cc2)=C1. The smallest absolute Gasteiger partial charge is 0.0973 e. The number of allylic oxidation sites excluding steroid dienone is 4. The van der Waals surface area contributed by atoms with Gasteiger partial charge in [-0.2, -0.15) is 0 Å². The molecular weight excluding hydrogens is 873 g/mol. The topological polar surface area (TPSA) is 32.3 Å². The van der Waals surface area contributed by atoms with Crippen molar-refractivity contribution >= 4 is 50.7 Å². The summed E-state index contributed by atoms with van der Waals surface area (Å²) in [5, 5.41) is 0. The van der Waals surface area contributed by atoms with E-state index in [9.17, 15) is 0 Å². The van der Waals surface area contributed by atoms with Crippen molar-refractivity contribution in [3.63, 3.8) is 0 Å². The predicted octanol–water partition coefficient (Wildman–Crippen LogP) is 18.6. The number of rotatable bonds is 12. The maximum atomic E-state index is 5.33. The zero-order chi connectivity index (χ0) is 48.1. The quantitative estimate of drug-likeness (QED) is 0.122. The first-order valence-electron chi connectivity index (χ1n) is 24.7. The van der Waals surface area contributed by atoms with Gasteiger partial charge < -0.3 is 9.80 Å². The van der Waals surface area contributed by atoms with Crippen LogP contribution in [0.5, 0.6) is 0 Å². The van der Waals surface area contributed by atoms with Gasteiger partial charge in [-0.3, -0.25) is 0 Å². The Labute approximate surface area is 421 Å². The van der Waals surface area contributed by atoms with Crippen molar-refractivity contribution in [2.45, 2.75) is 12.8 Å². The summed E-state index contributed by atoms with van der Waals surface area (Å²) in [6.07, 6.45) is 8.77. The van der Waals surface area contributed by atoms with Crippen molar-refractivity contribution in [3.8, 4) is 55.9 Å². The molecule has 0 saturated heterocycles. The fraction of sp³-hybridized carbons (Fsp3) is 0.0294. The van der Waals surface area contributed by atoms with E-state index in [2.05, 4.69) is 265 Å². The molecule has 12 rings (SSSR count). The van der Waals surface area contributed by atoms with Gasteiger partial charge in [0.2, 0.25) is 0 Å². The Hall–Kier alpha value is -9.38. The van der Waals surface area contributed by atoms with Crippen LogP contribution in [0, 0.1) is 0 Å². The number of aromatic nitrogens is 2. The van der Waals surface area contributed by atoms with E-state index < -0.39 is 0 Å². The Morgan fingerprint density at radius 2 is 0.542 bits per heavy atom. The zero-order valence-corrected chi connectivity index (χ0v) is 39.8. The van der Waals surface area contributed by atoms with Crippen LogP contribution in [0.25, 0.3) is 72.5 Å². The summed E-state index contributed by atoms with van der Waals surface area (Å²) in [6, 6.07) is 92.8. The van der Waals surface area contributed by atoms with Crippen molar-refractivity contribution in [1.82, 2.24) is 9.97 Å². The molecule has 342 valence electrons. The molecule has 11 aromatic rings. The second kappa shape index (κ2) is 19.9. The van der Waals surface area contributed by atoms with Crippen LogP contribution in [0.4, 0.5) is 34.1 Å². The lowest BCUT2D eigenvalue weighted by molar-refractivity contribution is 1.05. The van der Waals surface area contributed by atoms with Gasteiger partial charge in [-0.1, -0.05) is 194 Å². The number of fused-ring (bicyclic) bond motifs is 1. The van der Waals surface area contributed by atoms with E-state index in [0.717, 1.165) is 80.5 Å². The minimum absolute atomic E-state index is 0.829. The molecule has 0 unspecified atom stereocenters. The summed E-state index contributed by atoms with van der Waals surface area (Å²) in [5.41, 5.74) is 21.5. The highest BCUT2D eigenvalue weighted by Gasteiger charge is 2.19. The van der Waals surface area contributed by atoms with Crippen LogP contribution in [0.2, 0.25) is 0 Å². The Kier molecular flexibility index (Phi) is 12.1. The maximum Gasteiger partial charge on any atom is 0.0973 e. The fourth-order valence-electron chi connectivity index (χ4n) is 9.80. The minimum Gasteiger partial charge on any atom is -0.311 e. The highest BCUT2D eigenvalue weighted by Crippen LogP contribution is 2.41. The van der Waals surface area contributed by atoms with Crippen molar-refractivity contribution in [3.05, 3.63) is 285 Å². The molecule has 72 heavy (non-hydrogen) atoms. The molecule has 0 N–H and O–H groups in total. The average Bonchev–Trinajstić information content (AvgIpc) is 3.47. The minimum atomic E-state index is 0.829. The Balaban J connectivity index is 0.905. The molecular formula is C68H50N4. The van der Waals surface area contributed by atoms with Crippen LogP contribution in [0.3, 0.4) is 0 Å². The summed E-state index contributed by atoms with van der Waals surface area (Å²) in [7, 11) is 0. The summed E-state index contributed by atoms with van der Waals surface area (Å²) in [6.45, 7) is 0. The van der Waals surface area contributed by atoms with Gasteiger partial charge >= 0.3 is 0 Å². The van der Waals surface area contributed by atoms with E-state index in [1.165, 1.54) is 44.5 Å². The average molecular weight is 923 g/mol.